The molecule has 0 unspecified atom stereocenters. The van der Waals surface area contributed by atoms with Gasteiger partial charge in [0.2, 0.25) is 0 Å². The summed E-state index contributed by atoms with van der Waals surface area (Å²) in [5.74, 6) is 0. The predicted molar refractivity (Wildman–Crippen MR) is 86.6 cm³/mol. The highest BCUT2D eigenvalue weighted by molar-refractivity contribution is 9.10. The fraction of sp³-hybridized carbons (Fsp3) is 0. The number of hydrogen-bond acceptors (Lipinski definition) is 2. The molecule has 0 saturated carbocycles. The van der Waals surface area contributed by atoms with Crippen molar-refractivity contribution >= 4 is 44.0 Å². The van der Waals surface area contributed by atoms with Gasteiger partial charge in [0.25, 0.3) is 0 Å². The first-order valence-electron chi connectivity index (χ1n) is 5.71. The molecule has 0 atom stereocenters. The molecule has 0 aromatic heterocycles. The molecule has 0 aliphatic heterocycles. The number of nitrogens with zero attached hydrogens (tertiary/aromatic N) is 2. The zero-order valence-corrected chi connectivity index (χ0v) is 13.4. The minimum atomic E-state index is 0.589. The second-order valence-electron chi connectivity index (χ2n) is 4.02. The average Bonchev–Trinajstić information content (AvgIpc) is 2.46. The maximum Gasteiger partial charge on any atom is 0.0998 e. The molecular weight excluding hydrogens is 380 g/mol. The summed E-state index contributed by atoms with van der Waals surface area (Å²) in [6, 6.07) is 15.3. The molecular formula is C16H8Br2N2. The van der Waals surface area contributed by atoms with E-state index in [-0.39, 0.29) is 0 Å². The summed E-state index contributed by atoms with van der Waals surface area (Å²) in [6.45, 7) is 0. The first kappa shape index (κ1) is 14.5. The van der Waals surface area contributed by atoms with Gasteiger partial charge in [-0.3, -0.25) is 0 Å². The topological polar surface area (TPSA) is 47.6 Å². The Bertz CT molecular complexity index is 700. The van der Waals surface area contributed by atoms with Gasteiger partial charge in [0, 0.05) is 8.95 Å². The Morgan fingerprint density at radius 1 is 0.750 bits per heavy atom. The van der Waals surface area contributed by atoms with E-state index in [1.54, 1.807) is 12.1 Å². The number of benzene rings is 2. The highest BCUT2D eigenvalue weighted by Crippen LogP contribution is 2.21. The van der Waals surface area contributed by atoms with Crippen LogP contribution in [-0.2, 0) is 0 Å². The summed E-state index contributed by atoms with van der Waals surface area (Å²) in [4.78, 5) is 0. The first-order valence-corrected chi connectivity index (χ1v) is 7.30. The predicted octanol–water partition coefficient (Wildman–Crippen LogP) is 5.13. The summed E-state index contributed by atoms with van der Waals surface area (Å²) in [6.07, 6.45) is 3.68. The number of hydrogen-bond donors (Lipinski definition) is 0. The van der Waals surface area contributed by atoms with Gasteiger partial charge >= 0.3 is 0 Å². The fourth-order valence-electron chi connectivity index (χ4n) is 1.72. The van der Waals surface area contributed by atoms with Crippen LogP contribution in [0.25, 0.3) is 12.2 Å². The van der Waals surface area contributed by atoms with E-state index >= 15 is 0 Å². The number of nitriles is 2. The van der Waals surface area contributed by atoms with Crippen molar-refractivity contribution in [2.75, 3.05) is 0 Å². The Morgan fingerprint density at radius 3 is 1.50 bits per heavy atom. The van der Waals surface area contributed by atoms with E-state index in [1.807, 2.05) is 36.4 Å². The Balaban J connectivity index is 2.41. The lowest BCUT2D eigenvalue weighted by Crippen LogP contribution is -1.84. The normalized spacial score (nSPS) is 10.2. The molecule has 0 N–H and O–H groups in total. The molecule has 0 aliphatic carbocycles. The van der Waals surface area contributed by atoms with Crippen molar-refractivity contribution in [3.63, 3.8) is 0 Å². The van der Waals surface area contributed by atoms with Gasteiger partial charge in [-0.15, -0.1) is 0 Å². The quantitative estimate of drug-likeness (QED) is 0.671. The molecule has 2 rings (SSSR count). The molecule has 0 amide bonds. The second-order valence-corrected chi connectivity index (χ2v) is 5.85. The molecule has 0 fully saturated rings. The Morgan fingerprint density at radius 2 is 1.15 bits per heavy atom. The SMILES string of the molecule is N#Cc1cc(Br)ccc1/C=C/c1ccc(Br)cc1C#N. The number of rotatable bonds is 2. The van der Waals surface area contributed by atoms with Gasteiger partial charge in [-0.25, -0.2) is 0 Å². The highest BCUT2D eigenvalue weighted by atomic mass is 79.9. The molecule has 4 heteroatoms. The highest BCUT2D eigenvalue weighted by Gasteiger charge is 2.02. The maximum absolute atomic E-state index is 9.11. The zero-order chi connectivity index (χ0) is 14.5. The van der Waals surface area contributed by atoms with Gasteiger partial charge in [0.05, 0.1) is 23.3 Å². The van der Waals surface area contributed by atoms with Gasteiger partial charge in [-0.1, -0.05) is 56.1 Å². The van der Waals surface area contributed by atoms with Crippen molar-refractivity contribution in [1.29, 1.82) is 10.5 Å². The summed E-state index contributed by atoms with van der Waals surface area (Å²) in [5, 5.41) is 18.2. The van der Waals surface area contributed by atoms with Crippen LogP contribution in [0.5, 0.6) is 0 Å². The monoisotopic (exact) mass is 386 g/mol. The van der Waals surface area contributed by atoms with Crippen molar-refractivity contribution < 1.29 is 0 Å². The van der Waals surface area contributed by atoms with Crippen LogP contribution in [0.15, 0.2) is 45.3 Å². The van der Waals surface area contributed by atoms with E-state index in [0.29, 0.717) is 11.1 Å². The summed E-state index contributed by atoms with van der Waals surface area (Å²) in [7, 11) is 0. The van der Waals surface area contributed by atoms with Crippen molar-refractivity contribution in [3.8, 4) is 12.1 Å². The van der Waals surface area contributed by atoms with Crippen LogP contribution in [0, 0.1) is 22.7 Å². The molecule has 2 nitrogen and oxygen atoms in total. The third-order valence-electron chi connectivity index (χ3n) is 2.71. The third-order valence-corrected chi connectivity index (χ3v) is 3.70. The van der Waals surface area contributed by atoms with Gasteiger partial charge in [-0.2, -0.15) is 10.5 Å². The number of halogens is 2. The molecule has 2 aromatic rings. The molecule has 0 saturated heterocycles. The van der Waals surface area contributed by atoms with Crippen LogP contribution in [0.3, 0.4) is 0 Å². The lowest BCUT2D eigenvalue weighted by molar-refractivity contribution is 1.45. The smallest absolute Gasteiger partial charge is 0.0998 e. The second kappa shape index (κ2) is 6.52. The molecule has 0 spiro atoms. The largest absolute Gasteiger partial charge is 0.192 e. The lowest BCUT2D eigenvalue weighted by Gasteiger charge is -2.01. The molecule has 96 valence electrons. The van der Waals surface area contributed by atoms with Gasteiger partial charge in [0.1, 0.15) is 0 Å². The zero-order valence-electron chi connectivity index (χ0n) is 10.3. The van der Waals surface area contributed by atoms with Crippen LogP contribution in [-0.4, -0.2) is 0 Å². The van der Waals surface area contributed by atoms with Crippen molar-refractivity contribution in [3.05, 3.63) is 67.6 Å². The molecule has 0 heterocycles. The van der Waals surface area contributed by atoms with Crippen LogP contribution in [0.2, 0.25) is 0 Å². The summed E-state index contributed by atoms with van der Waals surface area (Å²) in [5.41, 5.74) is 2.82. The van der Waals surface area contributed by atoms with Crippen molar-refractivity contribution in [2.24, 2.45) is 0 Å². The van der Waals surface area contributed by atoms with Crippen molar-refractivity contribution in [1.82, 2.24) is 0 Å². The first-order chi connectivity index (χ1) is 9.63. The van der Waals surface area contributed by atoms with E-state index in [4.69, 9.17) is 10.5 Å². The summed E-state index contributed by atoms with van der Waals surface area (Å²) < 4.78 is 1.74. The minimum Gasteiger partial charge on any atom is -0.192 e. The fourth-order valence-corrected chi connectivity index (χ4v) is 2.44. The minimum absolute atomic E-state index is 0.589. The molecule has 0 radical (unpaired) electrons. The molecule has 20 heavy (non-hydrogen) atoms. The van der Waals surface area contributed by atoms with Gasteiger partial charge in [0.15, 0.2) is 0 Å². The van der Waals surface area contributed by atoms with E-state index in [0.717, 1.165) is 20.1 Å². The average molecular weight is 388 g/mol. The van der Waals surface area contributed by atoms with Gasteiger partial charge < -0.3 is 0 Å². The van der Waals surface area contributed by atoms with E-state index < -0.39 is 0 Å². The third kappa shape index (κ3) is 3.36. The Hall–Kier alpha value is -1.88. The van der Waals surface area contributed by atoms with E-state index in [2.05, 4.69) is 44.0 Å². The Labute approximate surface area is 134 Å². The van der Waals surface area contributed by atoms with Crippen LogP contribution in [0.1, 0.15) is 22.3 Å². The standard InChI is InChI=1S/C16H8Br2N2/c17-15-5-3-11(13(7-15)9-19)1-2-12-4-6-16(18)8-14(12)10-20/h1-8H/b2-1+. The van der Waals surface area contributed by atoms with Crippen molar-refractivity contribution in [2.45, 2.75) is 0 Å². The summed E-state index contributed by atoms with van der Waals surface area (Å²) >= 11 is 6.68. The van der Waals surface area contributed by atoms with E-state index in [9.17, 15) is 0 Å². The van der Waals surface area contributed by atoms with E-state index in [1.165, 1.54) is 0 Å². The lowest BCUT2D eigenvalue weighted by atomic mass is 10.0. The molecule has 0 bridgehead atoms. The maximum atomic E-state index is 9.11. The Kier molecular flexibility index (Phi) is 4.74. The molecule has 2 aromatic carbocycles. The van der Waals surface area contributed by atoms with Crippen LogP contribution >= 0.6 is 31.9 Å². The van der Waals surface area contributed by atoms with Crippen LogP contribution < -0.4 is 0 Å². The molecule has 0 aliphatic rings. The van der Waals surface area contributed by atoms with Gasteiger partial charge in [-0.05, 0) is 35.4 Å². The van der Waals surface area contributed by atoms with Crippen LogP contribution in [0.4, 0.5) is 0 Å².